The minimum atomic E-state index is -4.33. The Kier molecular flexibility index (Phi) is 36.7. The number of allylic oxidation sites excluding steroid dienone is 9. The second-order valence-corrected chi connectivity index (χ2v) is 17.1. The van der Waals surface area contributed by atoms with Crippen LogP contribution in [0.15, 0.2) is 73.1 Å². The van der Waals surface area contributed by atoms with Gasteiger partial charge < -0.3 is 24.0 Å². The molecular formula is C46H83NO8P+. The number of carbonyl (C=O) groups is 1. The summed E-state index contributed by atoms with van der Waals surface area (Å²) in [4.78, 5) is 22.8. The summed E-state index contributed by atoms with van der Waals surface area (Å²) in [7, 11) is 1.55. The minimum Gasteiger partial charge on any atom is -0.498 e. The van der Waals surface area contributed by atoms with Gasteiger partial charge in [0.05, 0.1) is 40.1 Å². The van der Waals surface area contributed by atoms with Crippen LogP contribution in [-0.4, -0.2) is 80.2 Å². The molecule has 0 aliphatic rings. The van der Waals surface area contributed by atoms with Crippen LogP contribution in [0.25, 0.3) is 0 Å². The van der Waals surface area contributed by atoms with Gasteiger partial charge in [-0.05, 0) is 83.1 Å². The van der Waals surface area contributed by atoms with Gasteiger partial charge in [-0.25, -0.2) is 4.57 Å². The van der Waals surface area contributed by atoms with Crippen molar-refractivity contribution in [3.63, 3.8) is 0 Å². The van der Waals surface area contributed by atoms with E-state index in [0.717, 1.165) is 38.5 Å². The maximum absolute atomic E-state index is 12.7. The van der Waals surface area contributed by atoms with E-state index < -0.39 is 26.0 Å². The van der Waals surface area contributed by atoms with Gasteiger partial charge in [0.25, 0.3) is 0 Å². The van der Waals surface area contributed by atoms with Crippen molar-refractivity contribution < 1.29 is 42.4 Å². The molecule has 0 aromatic carbocycles. The zero-order valence-corrected chi connectivity index (χ0v) is 37.1. The van der Waals surface area contributed by atoms with E-state index in [9.17, 15) is 19.4 Å². The highest BCUT2D eigenvalue weighted by Crippen LogP contribution is 2.43. The van der Waals surface area contributed by atoms with Gasteiger partial charge in [-0.15, -0.1) is 0 Å². The second-order valence-electron chi connectivity index (χ2n) is 15.6. The van der Waals surface area contributed by atoms with Crippen molar-refractivity contribution in [1.82, 2.24) is 0 Å². The molecule has 0 fully saturated rings. The Bertz CT molecular complexity index is 1140. The van der Waals surface area contributed by atoms with Gasteiger partial charge in [-0.3, -0.25) is 13.8 Å². The monoisotopic (exact) mass is 809 g/mol. The fourth-order valence-corrected chi connectivity index (χ4v) is 6.15. The number of quaternary nitrogens is 1. The highest BCUT2D eigenvalue weighted by Gasteiger charge is 2.26. The quantitative estimate of drug-likeness (QED) is 0.0120. The number of phosphoric acid groups is 1. The molecule has 2 N–H and O–H groups in total. The van der Waals surface area contributed by atoms with Crippen LogP contribution in [-0.2, 0) is 27.9 Å². The van der Waals surface area contributed by atoms with Crippen LogP contribution in [0.5, 0.6) is 0 Å². The summed E-state index contributed by atoms with van der Waals surface area (Å²) in [6.45, 7) is 4.71. The number of unbranched alkanes of at least 4 members (excludes halogenated alkanes) is 15. The van der Waals surface area contributed by atoms with E-state index in [4.69, 9.17) is 18.5 Å². The fourth-order valence-electron chi connectivity index (χ4n) is 5.41. The third-order valence-electron chi connectivity index (χ3n) is 8.88. The molecule has 0 aliphatic heterocycles. The van der Waals surface area contributed by atoms with E-state index in [1.807, 2.05) is 63.7 Å². The smallest absolute Gasteiger partial charge is 0.472 e. The number of hydrogen-bond donors (Lipinski definition) is 2. The largest absolute Gasteiger partial charge is 0.498 e. The van der Waals surface area contributed by atoms with Crippen molar-refractivity contribution in [1.29, 1.82) is 0 Å². The number of aliphatic hydroxyl groups is 1. The van der Waals surface area contributed by atoms with Crippen LogP contribution in [0.1, 0.15) is 155 Å². The van der Waals surface area contributed by atoms with Crippen molar-refractivity contribution in [3.05, 3.63) is 73.1 Å². The van der Waals surface area contributed by atoms with Gasteiger partial charge in [0.15, 0.2) is 6.10 Å². The Morgan fingerprint density at radius 1 is 0.661 bits per heavy atom. The summed E-state index contributed by atoms with van der Waals surface area (Å²) in [5, 5.41) is 10.0. The highest BCUT2D eigenvalue weighted by molar-refractivity contribution is 7.47. The molecule has 1 unspecified atom stereocenters. The van der Waals surface area contributed by atoms with Crippen molar-refractivity contribution in [2.24, 2.45) is 0 Å². The number of phosphoric ester groups is 1. The molecular weight excluding hydrogens is 725 g/mol. The van der Waals surface area contributed by atoms with Crippen LogP contribution in [0.3, 0.4) is 0 Å². The van der Waals surface area contributed by atoms with E-state index in [1.54, 1.807) is 12.3 Å². The Labute approximate surface area is 343 Å². The molecule has 0 bridgehead atoms. The molecule has 0 heterocycles. The molecule has 0 amide bonds. The summed E-state index contributed by atoms with van der Waals surface area (Å²) in [6, 6.07) is 0. The van der Waals surface area contributed by atoms with Gasteiger partial charge in [-0.1, -0.05) is 132 Å². The number of likely N-dealkylation sites (N-methyl/N-ethyl adjacent to an activating group) is 1. The van der Waals surface area contributed by atoms with Crippen molar-refractivity contribution >= 4 is 13.8 Å². The summed E-state index contributed by atoms with van der Waals surface area (Å²) < 4.78 is 34.6. The van der Waals surface area contributed by atoms with E-state index in [0.29, 0.717) is 30.3 Å². The molecule has 324 valence electrons. The topological polar surface area (TPSA) is 112 Å². The van der Waals surface area contributed by atoms with E-state index in [1.165, 1.54) is 77.0 Å². The molecule has 0 saturated heterocycles. The molecule has 10 heteroatoms. The maximum atomic E-state index is 12.7. The average molecular weight is 809 g/mol. The third-order valence-corrected chi connectivity index (χ3v) is 9.87. The van der Waals surface area contributed by atoms with E-state index in [-0.39, 0.29) is 26.2 Å². The van der Waals surface area contributed by atoms with Crippen LogP contribution < -0.4 is 0 Å². The van der Waals surface area contributed by atoms with Crippen molar-refractivity contribution in [2.75, 3.05) is 47.5 Å². The fraction of sp³-hybridized carbons (Fsp3) is 0.717. The average Bonchev–Trinajstić information content (AvgIpc) is 3.14. The molecule has 0 saturated carbocycles. The molecule has 0 spiro atoms. The summed E-state index contributed by atoms with van der Waals surface area (Å²) >= 11 is 0. The molecule has 0 radical (unpaired) electrons. The molecule has 0 aromatic rings. The van der Waals surface area contributed by atoms with E-state index in [2.05, 4.69) is 32.1 Å². The second kappa shape index (κ2) is 38.3. The SMILES string of the molecule is CCCCC/C=C\C[C@H](O)/C=C/C=C\C/C=C\CCCC(=O)O[C@H](CO/C=C/CCCCCC/C=C\CCCCCCCC)COP(=O)(O)OCC[N+](C)(C)C. The normalized spacial score (nSPS) is 15.0. The van der Waals surface area contributed by atoms with Crippen molar-refractivity contribution in [2.45, 2.75) is 167 Å². The van der Waals surface area contributed by atoms with Gasteiger partial charge in [0.2, 0.25) is 0 Å². The summed E-state index contributed by atoms with van der Waals surface area (Å²) in [6.07, 6.45) is 46.3. The number of carbonyl (C=O) groups excluding carboxylic acids is 1. The van der Waals surface area contributed by atoms with Gasteiger partial charge in [-0.2, -0.15) is 0 Å². The molecule has 0 rings (SSSR count). The first-order valence-corrected chi connectivity index (χ1v) is 23.3. The van der Waals surface area contributed by atoms with Gasteiger partial charge in [0.1, 0.15) is 19.8 Å². The molecule has 9 nitrogen and oxygen atoms in total. The van der Waals surface area contributed by atoms with Crippen LogP contribution in [0.2, 0.25) is 0 Å². The van der Waals surface area contributed by atoms with Gasteiger partial charge in [0, 0.05) is 6.42 Å². The van der Waals surface area contributed by atoms with Crippen LogP contribution in [0, 0.1) is 0 Å². The third kappa shape index (κ3) is 41.4. The lowest BCUT2D eigenvalue weighted by molar-refractivity contribution is -0.870. The van der Waals surface area contributed by atoms with E-state index >= 15 is 0 Å². The minimum absolute atomic E-state index is 0.000343. The number of nitrogens with zero attached hydrogens (tertiary/aromatic N) is 1. The zero-order chi connectivity index (χ0) is 41.4. The Morgan fingerprint density at radius 2 is 1.21 bits per heavy atom. The van der Waals surface area contributed by atoms with Crippen LogP contribution >= 0.6 is 7.82 Å². The highest BCUT2D eigenvalue weighted by atomic mass is 31.2. The number of hydrogen-bond acceptors (Lipinski definition) is 7. The number of rotatable bonds is 39. The lowest BCUT2D eigenvalue weighted by atomic mass is 10.1. The van der Waals surface area contributed by atoms with Crippen LogP contribution in [0.4, 0.5) is 0 Å². The predicted molar refractivity (Wildman–Crippen MR) is 234 cm³/mol. The Balaban J connectivity index is 4.50. The predicted octanol–water partition coefficient (Wildman–Crippen LogP) is 12.0. The molecule has 56 heavy (non-hydrogen) atoms. The Hall–Kier alpha value is -2.26. The lowest BCUT2D eigenvalue weighted by Gasteiger charge is -2.24. The summed E-state index contributed by atoms with van der Waals surface area (Å²) in [5.41, 5.74) is 0. The van der Waals surface area contributed by atoms with Gasteiger partial charge >= 0.3 is 13.8 Å². The first kappa shape index (κ1) is 53.7. The standard InChI is InChI=1S/C46H82NO8P/c1-6-8-10-12-14-15-16-17-18-19-20-21-24-27-31-35-40-52-42-45(43-54-56(50,51)53-41-39-47(3,4)5)55-46(49)38-34-30-26-23-22-25-29-33-37-44(48)36-32-28-13-11-9-7-2/h17-18,23,25-26,28-29,32-33,35,37,40,44-45,48H,6-16,19-22,24,27,30-31,34,36,38-39,41-43H2,1-5H3/p+1/b18-17-,26-23-,29-25-,32-28-,37-33+,40-35+/t44-,45+/m0/s1. The first-order chi connectivity index (χ1) is 27.0. The molecule has 3 atom stereocenters. The molecule has 0 aromatic heterocycles. The number of aliphatic hydroxyl groups excluding tert-OH is 1. The first-order valence-electron chi connectivity index (χ1n) is 21.8. The maximum Gasteiger partial charge on any atom is 0.472 e. The lowest BCUT2D eigenvalue weighted by Crippen LogP contribution is -2.37. The summed E-state index contributed by atoms with van der Waals surface area (Å²) in [5.74, 6) is -0.421. The number of esters is 1. The number of ether oxygens (including phenoxy) is 2. The molecule has 0 aliphatic carbocycles. The zero-order valence-electron chi connectivity index (χ0n) is 36.2. The Morgan fingerprint density at radius 3 is 1.88 bits per heavy atom. The van der Waals surface area contributed by atoms with Crippen molar-refractivity contribution in [3.8, 4) is 0 Å².